The second kappa shape index (κ2) is 5.71. The Morgan fingerprint density at radius 1 is 1.16 bits per heavy atom. The molecule has 1 amide bonds. The Morgan fingerprint density at radius 2 is 1.89 bits per heavy atom. The monoisotopic (exact) mass is 386 g/mol. The summed E-state index contributed by atoms with van der Waals surface area (Å²) in [5, 5.41) is 2.62. The van der Waals surface area contributed by atoms with Gasteiger partial charge in [-0.25, -0.2) is 4.39 Å². The first-order valence-electron chi connectivity index (χ1n) is 5.28. The minimum atomic E-state index is -0.424. The minimum absolute atomic E-state index is 0.362. The van der Waals surface area contributed by atoms with Crippen LogP contribution in [0.5, 0.6) is 0 Å². The second-order valence-corrected chi connectivity index (χ2v) is 5.62. The highest BCUT2D eigenvalue weighted by Gasteiger charge is 2.10. The van der Waals surface area contributed by atoms with Gasteiger partial charge in [-0.3, -0.25) is 4.79 Å². The highest BCUT2D eigenvalue weighted by atomic mass is 79.9. The van der Waals surface area contributed by atoms with Crippen LogP contribution in [0.1, 0.15) is 10.4 Å². The lowest BCUT2D eigenvalue weighted by Crippen LogP contribution is -2.12. The van der Waals surface area contributed by atoms with E-state index in [2.05, 4.69) is 37.2 Å². The summed E-state index contributed by atoms with van der Waals surface area (Å²) >= 11 is 6.51. The Bertz CT molecular complexity index is 626. The van der Waals surface area contributed by atoms with Gasteiger partial charge in [0.05, 0.1) is 5.69 Å². The van der Waals surface area contributed by atoms with Crippen molar-refractivity contribution in [3.63, 3.8) is 0 Å². The van der Waals surface area contributed by atoms with Gasteiger partial charge >= 0.3 is 0 Å². The quantitative estimate of drug-likeness (QED) is 0.759. The molecule has 0 radical (unpaired) electrons. The van der Waals surface area contributed by atoms with Gasteiger partial charge in [0, 0.05) is 20.2 Å². The van der Waals surface area contributed by atoms with Crippen molar-refractivity contribution in [3.05, 3.63) is 56.7 Å². The molecular weight excluding hydrogens is 379 g/mol. The summed E-state index contributed by atoms with van der Waals surface area (Å²) in [6.07, 6.45) is 0. The van der Waals surface area contributed by atoms with Crippen LogP contribution in [-0.4, -0.2) is 5.91 Å². The first kappa shape index (κ1) is 14.0. The van der Waals surface area contributed by atoms with Crippen LogP contribution in [0.4, 0.5) is 15.8 Å². The number of amides is 1. The topological polar surface area (TPSA) is 55.1 Å². The van der Waals surface area contributed by atoms with Gasteiger partial charge in [0.1, 0.15) is 5.82 Å². The van der Waals surface area contributed by atoms with Crippen LogP contribution in [0.3, 0.4) is 0 Å². The lowest BCUT2D eigenvalue weighted by atomic mass is 10.2. The molecule has 0 saturated heterocycles. The predicted molar refractivity (Wildman–Crippen MR) is 80.6 cm³/mol. The normalized spacial score (nSPS) is 10.3. The molecule has 19 heavy (non-hydrogen) atoms. The van der Waals surface area contributed by atoms with E-state index >= 15 is 0 Å². The molecule has 3 nitrogen and oxygen atoms in total. The molecule has 0 spiro atoms. The first-order chi connectivity index (χ1) is 8.95. The average Bonchev–Trinajstić information content (AvgIpc) is 2.32. The fourth-order valence-corrected chi connectivity index (χ4v) is 2.39. The Kier molecular flexibility index (Phi) is 4.21. The third-order valence-corrected chi connectivity index (χ3v) is 3.51. The number of nitrogens with one attached hydrogen (secondary N) is 1. The lowest BCUT2D eigenvalue weighted by molar-refractivity contribution is 0.102. The maximum absolute atomic E-state index is 13.1. The number of nitrogen functional groups attached to an aromatic ring is 1. The van der Waals surface area contributed by atoms with Crippen molar-refractivity contribution in [2.24, 2.45) is 0 Å². The SMILES string of the molecule is Nc1cc(Br)cc(C(=O)Nc2cc(F)ccc2Br)c1. The van der Waals surface area contributed by atoms with Crippen LogP contribution >= 0.6 is 31.9 Å². The van der Waals surface area contributed by atoms with Gasteiger partial charge < -0.3 is 11.1 Å². The molecule has 3 N–H and O–H groups in total. The molecule has 2 aromatic carbocycles. The van der Waals surface area contributed by atoms with Crippen molar-refractivity contribution in [2.75, 3.05) is 11.1 Å². The maximum Gasteiger partial charge on any atom is 0.255 e. The van der Waals surface area contributed by atoms with Gasteiger partial charge in [0.15, 0.2) is 0 Å². The third-order valence-electron chi connectivity index (χ3n) is 2.36. The van der Waals surface area contributed by atoms with E-state index in [1.807, 2.05) is 0 Å². The van der Waals surface area contributed by atoms with E-state index in [1.54, 1.807) is 18.2 Å². The number of carbonyl (C=O) groups is 1. The molecule has 0 heterocycles. The van der Waals surface area contributed by atoms with Gasteiger partial charge in [0.2, 0.25) is 0 Å². The van der Waals surface area contributed by atoms with Crippen LogP contribution in [0.15, 0.2) is 45.3 Å². The molecule has 6 heteroatoms. The van der Waals surface area contributed by atoms with Crippen molar-refractivity contribution in [1.29, 1.82) is 0 Å². The van der Waals surface area contributed by atoms with Crippen LogP contribution in [-0.2, 0) is 0 Å². The first-order valence-corrected chi connectivity index (χ1v) is 6.87. The van der Waals surface area contributed by atoms with E-state index in [4.69, 9.17) is 5.73 Å². The summed E-state index contributed by atoms with van der Waals surface area (Å²) in [7, 11) is 0. The van der Waals surface area contributed by atoms with Crippen LogP contribution < -0.4 is 11.1 Å². The molecule has 2 rings (SSSR count). The van der Waals surface area contributed by atoms with Gasteiger partial charge in [0.25, 0.3) is 5.91 Å². The summed E-state index contributed by atoms with van der Waals surface area (Å²) in [5.41, 5.74) is 6.89. The molecule has 0 fully saturated rings. The van der Waals surface area contributed by atoms with Gasteiger partial charge in [-0.05, 0) is 52.3 Å². The Balaban J connectivity index is 2.28. The molecule has 0 aromatic heterocycles. The number of halogens is 3. The molecule has 0 saturated carbocycles. The number of hydrogen-bond acceptors (Lipinski definition) is 2. The zero-order chi connectivity index (χ0) is 14.0. The second-order valence-electron chi connectivity index (χ2n) is 3.85. The average molecular weight is 388 g/mol. The standard InChI is InChI=1S/C13H9Br2FN2O/c14-8-3-7(4-10(17)5-8)13(19)18-12-6-9(16)1-2-11(12)15/h1-6H,17H2,(H,18,19). The van der Waals surface area contributed by atoms with E-state index in [9.17, 15) is 9.18 Å². The summed E-state index contributed by atoms with van der Waals surface area (Å²) in [4.78, 5) is 12.1. The summed E-state index contributed by atoms with van der Waals surface area (Å²) in [6, 6.07) is 8.95. The molecule has 2 aromatic rings. The van der Waals surface area contributed by atoms with Crippen LogP contribution in [0, 0.1) is 5.82 Å². The van der Waals surface area contributed by atoms with E-state index in [1.165, 1.54) is 18.2 Å². The largest absolute Gasteiger partial charge is 0.399 e. The number of rotatable bonds is 2. The van der Waals surface area contributed by atoms with Crippen molar-refractivity contribution in [1.82, 2.24) is 0 Å². The highest BCUT2D eigenvalue weighted by molar-refractivity contribution is 9.10. The fourth-order valence-electron chi connectivity index (χ4n) is 1.53. The highest BCUT2D eigenvalue weighted by Crippen LogP contribution is 2.24. The van der Waals surface area contributed by atoms with Crippen molar-refractivity contribution in [3.8, 4) is 0 Å². The summed E-state index contributed by atoms with van der Waals surface area (Å²) in [6.45, 7) is 0. The maximum atomic E-state index is 13.1. The molecule has 98 valence electrons. The van der Waals surface area contributed by atoms with Crippen LogP contribution in [0.25, 0.3) is 0 Å². The Morgan fingerprint density at radius 3 is 2.58 bits per heavy atom. The molecule has 0 atom stereocenters. The lowest BCUT2D eigenvalue weighted by Gasteiger charge is -2.08. The number of anilines is 2. The number of hydrogen-bond donors (Lipinski definition) is 2. The molecule has 0 aliphatic heterocycles. The summed E-state index contributed by atoms with van der Waals surface area (Å²) in [5.74, 6) is -0.786. The van der Waals surface area contributed by atoms with Crippen molar-refractivity contribution < 1.29 is 9.18 Å². The number of carbonyl (C=O) groups excluding carboxylic acids is 1. The number of nitrogens with two attached hydrogens (primary N) is 1. The Hall–Kier alpha value is -1.40. The molecule has 0 aliphatic rings. The van der Waals surface area contributed by atoms with E-state index in [-0.39, 0.29) is 5.91 Å². The number of benzene rings is 2. The van der Waals surface area contributed by atoms with Gasteiger partial charge in [-0.15, -0.1) is 0 Å². The third kappa shape index (κ3) is 3.54. The zero-order valence-electron chi connectivity index (χ0n) is 9.58. The smallest absolute Gasteiger partial charge is 0.255 e. The zero-order valence-corrected chi connectivity index (χ0v) is 12.8. The fraction of sp³-hybridized carbons (Fsp3) is 0. The predicted octanol–water partition coefficient (Wildman–Crippen LogP) is 4.19. The van der Waals surface area contributed by atoms with E-state index in [0.29, 0.717) is 25.9 Å². The molecule has 0 bridgehead atoms. The van der Waals surface area contributed by atoms with E-state index in [0.717, 1.165) is 0 Å². The van der Waals surface area contributed by atoms with Crippen molar-refractivity contribution in [2.45, 2.75) is 0 Å². The van der Waals surface area contributed by atoms with Gasteiger partial charge in [-0.1, -0.05) is 15.9 Å². The van der Waals surface area contributed by atoms with Gasteiger partial charge in [-0.2, -0.15) is 0 Å². The minimum Gasteiger partial charge on any atom is -0.399 e. The van der Waals surface area contributed by atoms with Crippen molar-refractivity contribution >= 4 is 49.1 Å². The molecule has 0 unspecified atom stereocenters. The summed E-state index contributed by atoms with van der Waals surface area (Å²) < 4.78 is 14.4. The van der Waals surface area contributed by atoms with Crippen LogP contribution in [0.2, 0.25) is 0 Å². The van der Waals surface area contributed by atoms with E-state index < -0.39 is 5.82 Å². The molecule has 0 aliphatic carbocycles. The molecular formula is C13H9Br2FN2O. The Labute approximate surface area is 126 Å².